The molecular formula is C14H19NO6. The molecule has 1 aromatic carbocycles. The van der Waals surface area contributed by atoms with E-state index in [9.17, 15) is 19.8 Å². The van der Waals surface area contributed by atoms with E-state index in [1.807, 2.05) is 0 Å². The molecule has 0 aliphatic heterocycles. The van der Waals surface area contributed by atoms with E-state index >= 15 is 0 Å². The molecule has 0 heterocycles. The number of nitrogen functional groups attached to an aromatic ring is 1. The van der Waals surface area contributed by atoms with Crippen LogP contribution >= 0.6 is 0 Å². The van der Waals surface area contributed by atoms with Gasteiger partial charge >= 0.3 is 11.9 Å². The number of hydrogen-bond donors (Lipinski definition) is 3. The molecule has 0 spiro atoms. The number of methoxy groups -OCH3 is 1. The predicted octanol–water partition coefficient (Wildman–Crippen LogP) is 0.403. The van der Waals surface area contributed by atoms with Crippen molar-refractivity contribution in [1.29, 1.82) is 0 Å². The second-order valence-electron chi connectivity index (χ2n) is 4.36. The van der Waals surface area contributed by atoms with Crippen LogP contribution in [0, 0.1) is 0 Å². The topological polar surface area (TPSA) is 119 Å². The van der Waals surface area contributed by atoms with E-state index in [-0.39, 0.29) is 29.8 Å². The van der Waals surface area contributed by atoms with Crippen molar-refractivity contribution in [1.82, 2.24) is 0 Å². The van der Waals surface area contributed by atoms with Crippen molar-refractivity contribution in [3.63, 3.8) is 0 Å². The van der Waals surface area contributed by atoms with Gasteiger partial charge in [0, 0.05) is 5.69 Å². The van der Waals surface area contributed by atoms with E-state index in [4.69, 9.17) is 10.5 Å². The Balaban J connectivity index is 2.95. The fourth-order valence-electron chi connectivity index (χ4n) is 1.73. The minimum atomic E-state index is -1.35. The first-order valence-corrected chi connectivity index (χ1v) is 6.40. The van der Waals surface area contributed by atoms with Crippen molar-refractivity contribution in [3.8, 4) is 0 Å². The molecule has 2 unspecified atom stereocenters. The summed E-state index contributed by atoms with van der Waals surface area (Å²) in [4.78, 5) is 22.8. The zero-order valence-corrected chi connectivity index (χ0v) is 11.9. The Morgan fingerprint density at radius 1 is 1.33 bits per heavy atom. The molecule has 1 rings (SSSR count). The summed E-state index contributed by atoms with van der Waals surface area (Å²) in [5.41, 5.74) is 6.23. The molecule has 4 N–H and O–H groups in total. The van der Waals surface area contributed by atoms with Crippen LogP contribution in [0.5, 0.6) is 0 Å². The Bertz CT molecular complexity index is 516. The summed E-state index contributed by atoms with van der Waals surface area (Å²) in [7, 11) is 1.18. The molecule has 0 aliphatic rings. The maximum atomic E-state index is 11.7. The highest BCUT2D eigenvalue weighted by Crippen LogP contribution is 2.24. The van der Waals surface area contributed by atoms with Gasteiger partial charge in [-0.2, -0.15) is 0 Å². The fourth-order valence-corrected chi connectivity index (χ4v) is 1.73. The standard InChI is InChI=1S/C14H19NO6/c1-3-21-14(19)9-6-8(4-5-10(9)15)13(18)11(16)7-12(17)20-2/h4-6,11,13,16,18H,3,7,15H2,1-2H3. The number of esters is 2. The zero-order chi connectivity index (χ0) is 16.0. The lowest BCUT2D eigenvalue weighted by Gasteiger charge is -2.18. The number of anilines is 1. The number of benzene rings is 1. The van der Waals surface area contributed by atoms with Crippen LogP contribution in [-0.4, -0.2) is 42.0 Å². The Labute approximate surface area is 122 Å². The molecule has 1 aromatic rings. The third-order valence-electron chi connectivity index (χ3n) is 2.88. The molecule has 0 amide bonds. The third-order valence-corrected chi connectivity index (χ3v) is 2.88. The molecule has 0 aromatic heterocycles. The van der Waals surface area contributed by atoms with E-state index in [1.54, 1.807) is 6.92 Å². The van der Waals surface area contributed by atoms with Gasteiger partial charge in [0.15, 0.2) is 0 Å². The number of hydrogen-bond acceptors (Lipinski definition) is 7. The summed E-state index contributed by atoms with van der Waals surface area (Å²) < 4.78 is 9.26. The summed E-state index contributed by atoms with van der Waals surface area (Å²) >= 11 is 0. The predicted molar refractivity (Wildman–Crippen MR) is 74.4 cm³/mol. The van der Waals surface area contributed by atoms with Gasteiger partial charge in [-0.3, -0.25) is 4.79 Å². The van der Waals surface area contributed by atoms with E-state index in [0.717, 1.165) is 0 Å². The summed E-state index contributed by atoms with van der Waals surface area (Å²) in [6.45, 7) is 1.85. The number of rotatable bonds is 6. The van der Waals surface area contributed by atoms with Crippen LogP contribution in [0.4, 0.5) is 5.69 Å². The van der Waals surface area contributed by atoms with Crippen LogP contribution in [0.25, 0.3) is 0 Å². The third kappa shape index (κ3) is 4.44. The first-order chi connectivity index (χ1) is 9.90. The molecule has 0 saturated heterocycles. The lowest BCUT2D eigenvalue weighted by Crippen LogP contribution is -2.23. The SMILES string of the molecule is CCOC(=O)c1cc(C(O)C(O)CC(=O)OC)ccc1N. The van der Waals surface area contributed by atoms with Crippen molar-refractivity contribution in [3.05, 3.63) is 29.3 Å². The summed E-state index contributed by atoms with van der Waals surface area (Å²) in [5.74, 6) is -1.27. The zero-order valence-electron chi connectivity index (χ0n) is 11.9. The Hall–Kier alpha value is -2.12. The van der Waals surface area contributed by atoms with Gasteiger partial charge in [-0.05, 0) is 24.6 Å². The molecule has 7 heteroatoms. The Morgan fingerprint density at radius 3 is 2.57 bits per heavy atom. The van der Waals surface area contributed by atoms with Gasteiger partial charge in [-0.15, -0.1) is 0 Å². The Kier molecular flexibility index (Phi) is 6.13. The van der Waals surface area contributed by atoms with E-state index in [2.05, 4.69) is 4.74 Å². The van der Waals surface area contributed by atoms with Crippen LogP contribution in [0.3, 0.4) is 0 Å². The van der Waals surface area contributed by atoms with Gasteiger partial charge in [0.1, 0.15) is 6.10 Å². The maximum absolute atomic E-state index is 11.7. The summed E-state index contributed by atoms with van der Waals surface area (Å²) in [5, 5.41) is 19.8. The number of nitrogens with two attached hydrogens (primary N) is 1. The van der Waals surface area contributed by atoms with E-state index in [1.165, 1.54) is 25.3 Å². The first-order valence-electron chi connectivity index (χ1n) is 6.40. The molecule has 2 atom stereocenters. The molecule has 21 heavy (non-hydrogen) atoms. The monoisotopic (exact) mass is 297 g/mol. The number of carbonyl (C=O) groups is 2. The minimum Gasteiger partial charge on any atom is -0.469 e. The van der Waals surface area contributed by atoms with Crippen LogP contribution in [0.1, 0.15) is 35.4 Å². The van der Waals surface area contributed by atoms with E-state index in [0.29, 0.717) is 0 Å². The average molecular weight is 297 g/mol. The van der Waals surface area contributed by atoms with Crippen molar-refractivity contribution in [2.75, 3.05) is 19.5 Å². The number of aliphatic hydroxyl groups is 2. The number of ether oxygens (including phenoxy) is 2. The highest BCUT2D eigenvalue weighted by molar-refractivity contribution is 5.95. The minimum absolute atomic E-state index is 0.0960. The van der Waals surface area contributed by atoms with Gasteiger partial charge in [0.05, 0.1) is 31.8 Å². The molecule has 0 aliphatic carbocycles. The molecule has 0 saturated carbocycles. The fraction of sp³-hybridized carbons (Fsp3) is 0.429. The van der Waals surface area contributed by atoms with Crippen molar-refractivity contribution in [2.45, 2.75) is 25.6 Å². The van der Waals surface area contributed by atoms with E-state index < -0.39 is 24.1 Å². The average Bonchev–Trinajstić information content (AvgIpc) is 2.46. The molecular weight excluding hydrogens is 278 g/mol. The highest BCUT2D eigenvalue weighted by Gasteiger charge is 2.23. The van der Waals surface area contributed by atoms with Crippen molar-refractivity contribution >= 4 is 17.6 Å². The van der Waals surface area contributed by atoms with Gasteiger partial charge in [0.2, 0.25) is 0 Å². The van der Waals surface area contributed by atoms with Crippen molar-refractivity contribution in [2.24, 2.45) is 0 Å². The first kappa shape index (κ1) is 16.9. The quantitative estimate of drug-likeness (QED) is 0.513. The smallest absolute Gasteiger partial charge is 0.340 e. The molecule has 0 bridgehead atoms. The maximum Gasteiger partial charge on any atom is 0.340 e. The number of aliphatic hydroxyl groups excluding tert-OH is 2. The molecule has 0 fully saturated rings. The van der Waals surface area contributed by atoms with Gasteiger partial charge in [-0.1, -0.05) is 6.07 Å². The summed E-state index contributed by atoms with van der Waals surface area (Å²) in [6.07, 6.45) is -3.06. The summed E-state index contributed by atoms with van der Waals surface area (Å²) in [6, 6.07) is 4.22. The highest BCUT2D eigenvalue weighted by atomic mass is 16.5. The molecule has 116 valence electrons. The second-order valence-corrected chi connectivity index (χ2v) is 4.36. The Morgan fingerprint density at radius 2 is 2.00 bits per heavy atom. The second kappa shape index (κ2) is 7.61. The van der Waals surface area contributed by atoms with Gasteiger partial charge in [0.25, 0.3) is 0 Å². The van der Waals surface area contributed by atoms with Crippen LogP contribution < -0.4 is 5.73 Å². The lowest BCUT2D eigenvalue weighted by molar-refractivity contribution is -0.144. The van der Waals surface area contributed by atoms with Gasteiger partial charge < -0.3 is 25.4 Å². The van der Waals surface area contributed by atoms with Crippen LogP contribution in [-0.2, 0) is 14.3 Å². The van der Waals surface area contributed by atoms with Gasteiger partial charge in [-0.25, -0.2) is 4.79 Å². The van der Waals surface area contributed by atoms with Crippen LogP contribution in [0.2, 0.25) is 0 Å². The largest absolute Gasteiger partial charge is 0.469 e. The molecule has 0 radical (unpaired) electrons. The van der Waals surface area contributed by atoms with Crippen LogP contribution in [0.15, 0.2) is 18.2 Å². The normalized spacial score (nSPS) is 13.3. The lowest BCUT2D eigenvalue weighted by atomic mass is 9.99. The number of carbonyl (C=O) groups excluding carboxylic acids is 2. The molecule has 7 nitrogen and oxygen atoms in total. The van der Waals surface area contributed by atoms with Crippen molar-refractivity contribution < 1.29 is 29.3 Å².